The summed E-state index contributed by atoms with van der Waals surface area (Å²) in [7, 11) is 0. The Hall–Kier alpha value is -3.56. The lowest BCUT2D eigenvalue weighted by molar-refractivity contribution is -0.189. The SMILES string of the molecule is CCC1N(C(=O)c2ccccc2-c2ncccn2)C2C(Nc3cnc(C(F)(F)F)cn3)CC12CC. The summed E-state index contributed by atoms with van der Waals surface area (Å²) in [6, 6.07) is 8.87. The van der Waals surface area contributed by atoms with Crippen LogP contribution in [0.5, 0.6) is 0 Å². The summed E-state index contributed by atoms with van der Waals surface area (Å²) in [6.45, 7) is 4.20. The van der Waals surface area contributed by atoms with E-state index in [1.54, 1.807) is 24.5 Å². The minimum Gasteiger partial charge on any atom is -0.364 e. The van der Waals surface area contributed by atoms with Crippen LogP contribution >= 0.6 is 0 Å². The van der Waals surface area contributed by atoms with Crippen LogP contribution in [0.25, 0.3) is 11.4 Å². The molecule has 1 N–H and O–H groups in total. The Labute approximate surface area is 200 Å². The molecule has 2 fully saturated rings. The molecule has 2 aromatic heterocycles. The molecule has 182 valence electrons. The average Bonchev–Trinajstić information content (AvgIpc) is 2.86. The predicted octanol–water partition coefficient (Wildman–Crippen LogP) is 4.84. The second-order valence-corrected chi connectivity index (χ2v) is 9.03. The van der Waals surface area contributed by atoms with Gasteiger partial charge in [0.25, 0.3) is 5.91 Å². The molecule has 2 aliphatic rings. The van der Waals surface area contributed by atoms with Crippen LogP contribution < -0.4 is 5.32 Å². The summed E-state index contributed by atoms with van der Waals surface area (Å²) in [6.07, 6.45) is 3.08. The van der Waals surface area contributed by atoms with E-state index in [2.05, 4.69) is 39.1 Å². The third kappa shape index (κ3) is 3.71. The standard InChI is InChI=1S/C25H25F3N6O/c1-3-19-24(4-2)12-17(33-20-14-31-18(13-32-20)25(26,27)28)21(24)34(19)23(35)16-9-6-5-8-15(16)22-29-10-7-11-30-22/h5-11,13-14,17,19,21H,3-4,12H2,1-2H3,(H,32,33). The Morgan fingerprint density at radius 2 is 1.83 bits per heavy atom. The molecule has 3 aromatic rings. The van der Waals surface area contributed by atoms with Gasteiger partial charge in [-0.15, -0.1) is 0 Å². The zero-order valence-corrected chi connectivity index (χ0v) is 19.3. The fourth-order valence-electron chi connectivity index (χ4n) is 5.85. The zero-order chi connectivity index (χ0) is 24.8. The first-order chi connectivity index (χ1) is 16.8. The third-order valence-corrected chi connectivity index (χ3v) is 7.39. The maximum atomic E-state index is 13.9. The molecule has 4 atom stereocenters. The smallest absolute Gasteiger partial charge is 0.364 e. The molecule has 35 heavy (non-hydrogen) atoms. The van der Waals surface area contributed by atoms with Gasteiger partial charge < -0.3 is 10.2 Å². The van der Waals surface area contributed by atoms with Crippen molar-refractivity contribution in [2.24, 2.45) is 5.41 Å². The third-order valence-electron chi connectivity index (χ3n) is 7.39. The molecule has 0 spiro atoms. The van der Waals surface area contributed by atoms with Gasteiger partial charge in [0.2, 0.25) is 0 Å². The van der Waals surface area contributed by atoms with Crippen molar-refractivity contribution in [1.82, 2.24) is 24.8 Å². The summed E-state index contributed by atoms with van der Waals surface area (Å²) in [5.74, 6) is 0.646. The Bertz CT molecular complexity index is 1220. The highest BCUT2D eigenvalue weighted by molar-refractivity contribution is 6.01. The number of benzene rings is 1. The van der Waals surface area contributed by atoms with Crippen molar-refractivity contribution >= 4 is 11.7 Å². The molecule has 3 heterocycles. The number of fused-ring (bicyclic) bond motifs is 1. The largest absolute Gasteiger partial charge is 0.434 e. The van der Waals surface area contributed by atoms with E-state index in [-0.39, 0.29) is 35.3 Å². The van der Waals surface area contributed by atoms with Crippen LogP contribution in [0.1, 0.15) is 49.2 Å². The van der Waals surface area contributed by atoms with E-state index in [1.165, 1.54) is 0 Å². The van der Waals surface area contributed by atoms with Crippen LogP contribution in [0, 0.1) is 5.41 Å². The van der Waals surface area contributed by atoms with E-state index in [0.717, 1.165) is 31.7 Å². The number of halogens is 3. The Morgan fingerprint density at radius 3 is 2.46 bits per heavy atom. The number of aromatic nitrogens is 4. The molecule has 0 bridgehead atoms. The second-order valence-electron chi connectivity index (χ2n) is 9.03. The van der Waals surface area contributed by atoms with Crippen LogP contribution in [0.3, 0.4) is 0 Å². The molecule has 1 aromatic carbocycles. The van der Waals surface area contributed by atoms with Gasteiger partial charge >= 0.3 is 6.18 Å². The van der Waals surface area contributed by atoms with Crippen molar-refractivity contribution < 1.29 is 18.0 Å². The summed E-state index contributed by atoms with van der Waals surface area (Å²) < 4.78 is 38.5. The second kappa shape index (κ2) is 8.58. The molecule has 1 aliphatic carbocycles. The number of rotatable bonds is 6. The minimum absolute atomic E-state index is 0.0282. The van der Waals surface area contributed by atoms with Gasteiger partial charge in [0, 0.05) is 35.5 Å². The van der Waals surface area contributed by atoms with Gasteiger partial charge in [-0.3, -0.25) is 4.79 Å². The van der Waals surface area contributed by atoms with Gasteiger partial charge in [0.15, 0.2) is 11.5 Å². The molecular formula is C25H25F3N6O. The van der Waals surface area contributed by atoms with Gasteiger partial charge in [-0.1, -0.05) is 32.0 Å². The van der Waals surface area contributed by atoms with Crippen molar-refractivity contribution in [3.8, 4) is 11.4 Å². The first-order valence-electron chi connectivity index (χ1n) is 11.6. The summed E-state index contributed by atoms with van der Waals surface area (Å²) in [5.41, 5.74) is 0.131. The van der Waals surface area contributed by atoms with E-state index in [4.69, 9.17) is 0 Å². The Kier molecular flexibility index (Phi) is 5.69. The highest BCUT2D eigenvalue weighted by Crippen LogP contribution is 2.61. The summed E-state index contributed by atoms with van der Waals surface area (Å²) in [5, 5.41) is 3.22. The highest BCUT2D eigenvalue weighted by Gasteiger charge is 2.70. The van der Waals surface area contributed by atoms with Crippen LogP contribution in [-0.2, 0) is 6.18 Å². The van der Waals surface area contributed by atoms with Crippen molar-refractivity contribution in [3.05, 3.63) is 66.4 Å². The topological polar surface area (TPSA) is 83.9 Å². The Morgan fingerprint density at radius 1 is 1.09 bits per heavy atom. The lowest BCUT2D eigenvalue weighted by atomic mass is 9.47. The lowest BCUT2D eigenvalue weighted by Gasteiger charge is -2.73. The van der Waals surface area contributed by atoms with Crippen molar-refractivity contribution in [2.45, 2.75) is 57.4 Å². The number of amides is 1. The fraction of sp³-hybridized carbons (Fsp3) is 0.400. The molecule has 4 unspecified atom stereocenters. The van der Waals surface area contributed by atoms with E-state index < -0.39 is 11.9 Å². The summed E-state index contributed by atoms with van der Waals surface area (Å²) >= 11 is 0. The number of carbonyl (C=O) groups excluding carboxylic acids is 1. The molecule has 10 heteroatoms. The van der Waals surface area contributed by atoms with Crippen LogP contribution in [-0.4, -0.2) is 48.9 Å². The minimum atomic E-state index is -4.54. The summed E-state index contributed by atoms with van der Waals surface area (Å²) in [4.78, 5) is 31.8. The first kappa shape index (κ1) is 23.2. The number of hydrogen-bond acceptors (Lipinski definition) is 6. The molecule has 7 nitrogen and oxygen atoms in total. The maximum absolute atomic E-state index is 13.9. The molecule has 0 radical (unpaired) electrons. The van der Waals surface area contributed by atoms with Crippen molar-refractivity contribution in [3.63, 3.8) is 0 Å². The molecular weight excluding hydrogens is 457 g/mol. The van der Waals surface area contributed by atoms with E-state index in [9.17, 15) is 18.0 Å². The lowest BCUT2D eigenvalue weighted by Crippen LogP contribution is -2.84. The van der Waals surface area contributed by atoms with Crippen LogP contribution in [0.15, 0.2) is 55.1 Å². The number of alkyl halides is 3. The van der Waals surface area contributed by atoms with Crippen LogP contribution in [0.4, 0.5) is 19.0 Å². The number of piperidine rings is 1. The maximum Gasteiger partial charge on any atom is 0.434 e. The number of nitrogens with one attached hydrogen (secondary N) is 1. The normalized spacial score (nSPS) is 25.3. The zero-order valence-electron chi connectivity index (χ0n) is 19.3. The van der Waals surface area contributed by atoms with Crippen LogP contribution in [0.2, 0.25) is 0 Å². The average molecular weight is 483 g/mol. The van der Waals surface area contributed by atoms with Gasteiger partial charge in [-0.2, -0.15) is 13.2 Å². The molecule has 1 saturated heterocycles. The van der Waals surface area contributed by atoms with E-state index >= 15 is 0 Å². The fourth-order valence-corrected chi connectivity index (χ4v) is 5.85. The molecule has 5 rings (SSSR count). The number of anilines is 1. The quantitative estimate of drug-likeness (QED) is 0.542. The molecule has 1 aliphatic heterocycles. The highest BCUT2D eigenvalue weighted by atomic mass is 19.4. The van der Waals surface area contributed by atoms with Gasteiger partial charge in [0.05, 0.1) is 24.0 Å². The van der Waals surface area contributed by atoms with Gasteiger partial charge in [0.1, 0.15) is 5.82 Å². The Balaban J connectivity index is 1.42. The molecule has 1 amide bonds. The number of hydrogen-bond donors (Lipinski definition) is 1. The van der Waals surface area contributed by atoms with E-state index in [1.807, 2.05) is 23.1 Å². The van der Waals surface area contributed by atoms with E-state index in [0.29, 0.717) is 17.0 Å². The number of carbonyl (C=O) groups is 1. The van der Waals surface area contributed by atoms with Crippen molar-refractivity contribution in [2.75, 3.05) is 5.32 Å². The monoisotopic (exact) mass is 482 g/mol. The van der Waals surface area contributed by atoms with Crippen molar-refractivity contribution in [1.29, 1.82) is 0 Å². The number of nitrogens with zero attached hydrogens (tertiary/aromatic N) is 5. The van der Waals surface area contributed by atoms with Gasteiger partial charge in [-0.05, 0) is 31.4 Å². The first-order valence-corrected chi connectivity index (χ1v) is 11.6. The predicted molar refractivity (Wildman–Crippen MR) is 123 cm³/mol. The van der Waals surface area contributed by atoms with Gasteiger partial charge in [-0.25, -0.2) is 19.9 Å². The number of likely N-dealkylation sites (tertiary alicyclic amines) is 1. The molecule has 1 saturated carbocycles.